The number of nitrogens with zero attached hydrogens (tertiary/aromatic N) is 1. The van der Waals surface area contributed by atoms with Crippen molar-refractivity contribution in [1.82, 2.24) is 10.2 Å². The molecular formula is C14H23BrN2. The summed E-state index contributed by atoms with van der Waals surface area (Å²) in [6.07, 6.45) is 0. The van der Waals surface area contributed by atoms with E-state index in [0.717, 1.165) is 19.6 Å². The molecule has 0 aliphatic heterocycles. The van der Waals surface area contributed by atoms with Gasteiger partial charge < -0.3 is 10.2 Å². The Morgan fingerprint density at radius 1 is 1.29 bits per heavy atom. The first-order chi connectivity index (χ1) is 7.97. The zero-order valence-corrected chi connectivity index (χ0v) is 12.8. The topological polar surface area (TPSA) is 15.3 Å². The van der Waals surface area contributed by atoms with Gasteiger partial charge in [0.2, 0.25) is 0 Å². The number of hydrogen-bond acceptors (Lipinski definition) is 2. The van der Waals surface area contributed by atoms with Gasteiger partial charge in [0.15, 0.2) is 0 Å². The SMILES string of the molecule is Cc1cc(Br)cc(CN(C)CCNC(C)C)c1. The van der Waals surface area contributed by atoms with Gasteiger partial charge in [-0.25, -0.2) is 0 Å². The Morgan fingerprint density at radius 3 is 2.59 bits per heavy atom. The summed E-state index contributed by atoms with van der Waals surface area (Å²) in [5, 5.41) is 3.43. The summed E-state index contributed by atoms with van der Waals surface area (Å²) in [5.74, 6) is 0. The molecule has 2 nitrogen and oxygen atoms in total. The molecule has 0 amide bonds. The molecule has 0 bridgehead atoms. The monoisotopic (exact) mass is 298 g/mol. The van der Waals surface area contributed by atoms with Crippen LogP contribution in [0.25, 0.3) is 0 Å². The number of halogens is 1. The van der Waals surface area contributed by atoms with Crippen molar-refractivity contribution in [1.29, 1.82) is 0 Å². The van der Waals surface area contributed by atoms with Crippen LogP contribution in [0.3, 0.4) is 0 Å². The predicted molar refractivity (Wildman–Crippen MR) is 78.4 cm³/mol. The van der Waals surface area contributed by atoms with Crippen molar-refractivity contribution in [3.8, 4) is 0 Å². The maximum Gasteiger partial charge on any atom is 0.0231 e. The first-order valence-corrected chi connectivity index (χ1v) is 6.94. The lowest BCUT2D eigenvalue weighted by Gasteiger charge is -2.18. The Morgan fingerprint density at radius 2 is 2.00 bits per heavy atom. The summed E-state index contributed by atoms with van der Waals surface area (Å²) in [5.41, 5.74) is 2.67. The van der Waals surface area contributed by atoms with E-state index in [9.17, 15) is 0 Å². The van der Waals surface area contributed by atoms with Crippen LogP contribution in [0.15, 0.2) is 22.7 Å². The van der Waals surface area contributed by atoms with Gasteiger partial charge in [0.1, 0.15) is 0 Å². The molecule has 1 aromatic carbocycles. The molecule has 0 saturated heterocycles. The summed E-state index contributed by atoms with van der Waals surface area (Å²) in [7, 11) is 2.16. The van der Waals surface area contributed by atoms with Crippen molar-refractivity contribution < 1.29 is 0 Å². The lowest BCUT2D eigenvalue weighted by atomic mass is 10.1. The minimum absolute atomic E-state index is 0.566. The van der Waals surface area contributed by atoms with Crippen molar-refractivity contribution in [3.05, 3.63) is 33.8 Å². The fraction of sp³-hybridized carbons (Fsp3) is 0.571. The lowest BCUT2D eigenvalue weighted by Crippen LogP contribution is -2.32. The Hall–Kier alpha value is -0.380. The second-order valence-corrected chi connectivity index (χ2v) is 5.90. The van der Waals surface area contributed by atoms with Crippen LogP contribution < -0.4 is 5.32 Å². The van der Waals surface area contributed by atoms with Gasteiger partial charge in [-0.15, -0.1) is 0 Å². The number of hydrogen-bond donors (Lipinski definition) is 1. The summed E-state index contributed by atoms with van der Waals surface area (Å²) in [6, 6.07) is 7.15. The summed E-state index contributed by atoms with van der Waals surface area (Å²) in [4.78, 5) is 2.34. The van der Waals surface area contributed by atoms with Gasteiger partial charge in [0.25, 0.3) is 0 Å². The Labute approximate surface area is 114 Å². The van der Waals surface area contributed by atoms with Gasteiger partial charge in [-0.05, 0) is 37.2 Å². The van der Waals surface area contributed by atoms with E-state index in [1.54, 1.807) is 0 Å². The molecule has 3 heteroatoms. The third kappa shape index (κ3) is 6.20. The molecular weight excluding hydrogens is 276 g/mol. The van der Waals surface area contributed by atoms with Crippen LogP contribution in [0.5, 0.6) is 0 Å². The van der Waals surface area contributed by atoms with Gasteiger partial charge >= 0.3 is 0 Å². The van der Waals surface area contributed by atoms with Crippen LogP contribution in [0.4, 0.5) is 0 Å². The molecule has 0 radical (unpaired) electrons. The summed E-state index contributed by atoms with van der Waals surface area (Å²) < 4.78 is 1.17. The molecule has 0 atom stereocenters. The Balaban J connectivity index is 2.42. The van der Waals surface area contributed by atoms with Gasteiger partial charge in [-0.3, -0.25) is 0 Å². The van der Waals surface area contributed by atoms with Crippen LogP contribution in [-0.2, 0) is 6.54 Å². The normalized spacial score (nSPS) is 11.5. The fourth-order valence-corrected chi connectivity index (χ4v) is 2.49. The summed E-state index contributed by atoms with van der Waals surface area (Å²) >= 11 is 3.54. The summed E-state index contributed by atoms with van der Waals surface area (Å²) in [6.45, 7) is 9.61. The van der Waals surface area contributed by atoms with E-state index in [0.29, 0.717) is 6.04 Å². The van der Waals surface area contributed by atoms with Crippen molar-refractivity contribution in [2.45, 2.75) is 33.4 Å². The molecule has 0 heterocycles. The molecule has 96 valence electrons. The highest BCUT2D eigenvalue weighted by molar-refractivity contribution is 9.10. The van der Waals surface area contributed by atoms with E-state index in [-0.39, 0.29) is 0 Å². The highest BCUT2D eigenvalue weighted by Crippen LogP contribution is 2.16. The number of nitrogens with one attached hydrogen (secondary N) is 1. The number of likely N-dealkylation sites (N-methyl/N-ethyl adjacent to an activating group) is 1. The molecule has 1 aromatic rings. The fourth-order valence-electron chi connectivity index (χ4n) is 1.84. The molecule has 1 rings (SSSR count). The molecule has 0 aromatic heterocycles. The molecule has 0 saturated carbocycles. The minimum Gasteiger partial charge on any atom is -0.313 e. The van der Waals surface area contributed by atoms with Crippen molar-refractivity contribution >= 4 is 15.9 Å². The van der Waals surface area contributed by atoms with Gasteiger partial charge in [0.05, 0.1) is 0 Å². The average Bonchev–Trinajstić information content (AvgIpc) is 2.14. The first-order valence-electron chi connectivity index (χ1n) is 6.15. The Bertz CT molecular complexity index is 330. The third-order valence-corrected chi connectivity index (χ3v) is 3.06. The van der Waals surface area contributed by atoms with Crippen LogP contribution in [0.1, 0.15) is 25.0 Å². The van der Waals surface area contributed by atoms with E-state index in [1.165, 1.54) is 15.6 Å². The van der Waals surface area contributed by atoms with Crippen molar-refractivity contribution in [3.63, 3.8) is 0 Å². The number of aryl methyl sites for hydroxylation is 1. The number of benzene rings is 1. The zero-order chi connectivity index (χ0) is 12.8. The maximum absolute atomic E-state index is 3.54. The van der Waals surface area contributed by atoms with E-state index in [4.69, 9.17) is 0 Å². The van der Waals surface area contributed by atoms with Crippen LogP contribution >= 0.6 is 15.9 Å². The Kier molecular flexibility index (Phi) is 6.17. The predicted octanol–water partition coefficient (Wildman–Crippen LogP) is 3.19. The van der Waals surface area contributed by atoms with Gasteiger partial charge in [-0.2, -0.15) is 0 Å². The van der Waals surface area contributed by atoms with Crippen molar-refractivity contribution in [2.24, 2.45) is 0 Å². The molecule has 17 heavy (non-hydrogen) atoms. The largest absolute Gasteiger partial charge is 0.313 e. The average molecular weight is 299 g/mol. The molecule has 1 N–H and O–H groups in total. The third-order valence-electron chi connectivity index (χ3n) is 2.60. The van der Waals surface area contributed by atoms with Crippen LogP contribution in [0.2, 0.25) is 0 Å². The highest BCUT2D eigenvalue weighted by Gasteiger charge is 2.02. The molecule has 0 fully saturated rings. The minimum atomic E-state index is 0.566. The molecule has 0 unspecified atom stereocenters. The second-order valence-electron chi connectivity index (χ2n) is 4.98. The second kappa shape index (κ2) is 7.14. The van der Waals surface area contributed by atoms with E-state index < -0.39 is 0 Å². The van der Waals surface area contributed by atoms with E-state index in [1.807, 2.05) is 0 Å². The molecule has 0 aliphatic rings. The lowest BCUT2D eigenvalue weighted by molar-refractivity contribution is 0.320. The standard InChI is InChI=1S/C14H23BrN2/c1-11(2)16-5-6-17(4)10-13-7-12(3)8-14(15)9-13/h7-9,11,16H,5-6,10H2,1-4H3. The van der Waals surface area contributed by atoms with Crippen LogP contribution in [0, 0.1) is 6.92 Å². The quantitative estimate of drug-likeness (QED) is 0.868. The van der Waals surface area contributed by atoms with Crippen LogP contribution in [-0.4, -0.2) is 31.1 Å². The highest BCUT2D eigenvalue weighted by atomic mass is 79.9. The zero-order valence-electron chi connectivity index (χ0n) is 11.3. The molecule has 0 aliphatic carbocycles. The smallest absolute Gasteiger partial charge is 0.0231 e. The van der Waals surface area contributed by atoms with Crippen molar-refractivity contribution in [2.75, 3.05) is 20.1 Å². The molecule has 0 spiro atoms. The van der Waals surface area contributed by atoms with Gasteiger partial charge in [-0.1, -0.05) is 35.8 Å². The van der Waals surface area contributed by atoms with Gasteiger partial charge in [0, 0.05) is 30.1 Å². The van der Waals surface area contributed by atoms with E-state index >= 15 is 0 Å². The number of rotatable bonds is 6. The van der Waals surface area contributed by atoms with E-state index in [2.05, 4.69) is 72.2 Å². The first kappa shape index (κ1) is 14.7. The maximum atomic E-state index is 3.54.